The molecular weight excluding hydrogens is 272 g/mol. The average molecular weight is 294 g/mol. The molecule has 1 fully saturated rings. The largest absolute Gasteiger partial charge is 0.462 e. The first kappa shape index (κ1) is 15.0. The minimum absolute atomic E-state index is 0.256. The van der Waals surface area contributed by atoms with Crippen molar-refractivity contribution in [2.45, 2.75) is 31.4 Å². The fourth-order valence-electron chi connectivity index (χ4n) is 2.36. The second-order valence-corrected chi connectivity index (χ2v) is 6.93. The van der Waals surface area contributed by atoms with Crippen molar-refractivity contribution in [1.82, 2.24) is 0 Å². The van der Waals surface area contributed by atoms with Crippen LogP contribution >= 0.6 is 11.8 Å². The quantitative estimate of drug-likeness (QED) is 0.645. The number of para-hydroxylation sites is 1. The van der Waals surface area contributed by atoms with Gasteiger partial charge in [-0.1, -0.05) is 6.07 Å². The Morgan fingerprint density at radius 1 is 1.55 bits per heavy atom. The van der Waals surface area contributed by atoms with Crippen LogP contribution < -0.4 is 11.1 Å². The highest BCUT2D eigenvalue weighted by Crippen LogP contribution is 2.38. The van der Waals surface area contributed by atoms with Crippen molar-refractivity contribution in [2.24, 2.45) is 0 Å². The molecule has 1 aliphatic rings. The molecule has 0 radical (unpaired) electrons. The molecule has 1 heterocycles. The Bertz CT molecular complexity index is 485. The van der Waals surface area contributed by atoms with Gasteiger partial charge in [0.25, 0.3) is 0 Å². The number of nitrogen functional groups attached to an aromatic ring is 1. The summed E-state index contributed by atoms with van der Waals surface area (Å²) < 4.78 is 5.27. The molecule has 0 aliphatic carbocycles. The third kappa shape index (κ3) is 3.39. The molecule has 3 N–H and O–H groups in total. The lowest BCUT2D eigenvalue weighted by Crippen LogP contribution is -2.27. The van der Waals surface area contributed by atoms with Gasteiger partial charge in [-0.2, -0.15) is 11.8 Å². The number of benzene rings is 1. The molecular formula is C15H22N2O2S. The van der Waals surface area contributed by atoms with Gasteiger partial charge in [-0.3, -0.25) is 0 Å². The summed E-state index contributed by atoms with van der Waals surface area (Å²) in [6.07, 6.45) is 2.48. The number of carbonyl (C=O) groups excluding carboxylic acids is 1. The number of carbonyl (C=O) groups is 1. The maximum Gasteiger partial charge on any atom is 0.340 e. The van der Waals surface area contributed by atoms with Crippen LogP contribution in [0.3, 0.4) is 0 Å². The number of anilines is 2. The Morgan fingerprint density at radius 3 is 3.00 bits per heavy atom. The SMILES string of the molecule is CCOC(=O)c1cccc(NCC2(C)CCCS2)c1N. The first-order valence-corrected chi connectivity index (χ1v) is 7.98. The van der Waals surface area contributed by atoms with Crippen molar-refractivity contribution in [2.75, 3.05) is 30.0 Å². The van der Waals surface area contributed by atoms with E-state index in [2.05, 4.69) is 12.2 Å². The Labute approximate surface area is 124 Å². The minimum Gasteiger partial charge on any atom is -0.462 e. The standard InChI is InChI=1S/C15H22N2O2S/c1-3-19-14(18)11-6-4-7-12(13(11)16)17-10-15(2)8-5-9-20-15/h4,6-7,17H,3,5,8-10,16H2,1-2H3. The number of nitrogens with one attached hydrogen (secondary N) is 1. The topological polar surface area (TPSA) is 64.3 Å². The van der Waals surface area contributed by atoms with E-state index in [0.717, 1.165) is 12.2 Å². The predicted molar refractivity (Wildman–Crippen MR) is 85.4 cm³/mol. The van der Waals surface area contributed by atoms with Crippen LogP contribution in [0.15, 0.2) is 18.2 Å². The van der Waals surface area contributed by atoms with Gasteiger partial charge in [0.1, 0.15) is 0 Å². The molecule has 1 saturated heterocycles. The highest BCUT2D eigenvalue weighted by molar-refractivity contribution is 8.00. The minimum atomic E-state index is -0.366. The Morgan fingerprint density at radius 2 is 2.35 bits per heavy atom. The molecule has 1 atom stereocenters. The van der Waals surface area contributed by atoms with Crippen molar-refractivity contribution >= 4 is 29.1 Å². The molecule has 5 heteroatoms. The van der Waals surface area contributed by atoms with Gasteiger partial charge in [-0.25, -0.2) is 4.79 Å². The van der Waals surface area contributed by atoms with Gasteiger partial charge >= 0.3 is 5.97 Å². The molecule has 2 rings (SSSR count). The van der Waals surface area contributed by atoms with Gasteiger partial charge in [0.15, 0.2) is 0 Å². The van der Waals surface area contributed by atoms with Crippen LogP contribution in [0, 0.1) is 0 Å². The zero-order chi connectivity index (χ0) is 14.6. The van der Waals surface area contributed by atoms with Crippen LogP contribution in [-0.4, -0.2) is 29.6 Å². The summed E-state index contributed by atoms with van der Waals surface area (Å²) in [5, 5.41) is 3.38. The van der Waals surface area contributed by atoms with Gasteiger partial charge in [-0.05, 0) is 44.6 Å². The molecule has 0 bridgehead atoms. The van der Waals surface area contributed by atoms with E-state index >= 15 is 0 Å². The summed E-state index contributed by atoms with van der Waals surface area (Å²) in [7, 11) is 0. The van der Waals surface area contributed by atoms with Crippen LogP contribution in [0.4, 0.5) is 11.4 Å². The van der Waals surface area contributed by atoms with Crippen LogP contribution in [0.5, 0.6) is 0 Å². The second kappa shape index (κ2) is 6.39. The number of nitrogens with two attached hydrogens (primary N) is 1. The smallest absolute Gasteiger partial charge is 0.340 e. The summed E-state index contributed by atoms with van der Waals surface area (Å²) >= 11 is 1.99. The zero-order valence-electron chi connectivity index (χ0n) is 12.1. The van der Waals surface area contributed by atoms with Crippen molar-refractivity contribution in [3.05, 3.63) is 23.8 Å². The van der Waals surface area contributed by atoms with E-state index in [0.29, 0.717) is 17.9 Å². The summed E-state index contributed by atoms with van der Waals surface area (Å²) in [5.74, 6) is 0.853. The van der Waals surface area contributed by atoms with Gasteiger partial charge in [0.05, 0.1) is 23.5 Å². The molecule has 1 unspecified atom stereocenters. The fraction of sp³-hybridized carbons (Fsp3) is 0.533. The molecule has 0 spiro atoms. The molecule has 1 aromatic rings. The third-order valence-corrected chi connectivity index (χ3v) is 5.09. The number of hydrogen-bond donors (Lipinski definition) is 2. The maximum absolute atomic E-state index is 11.8. The van der Waals surface area contributed by atoms with Gasteiger partial charge in [0.2, 0.25) is 0 Å². The van der Waals surface area contributed by atoms with E-state index in [9.17, 15) is 4.79 Å². The lowest BCUT2D eigenvalue weighted by molar-refractivity contribution is 0.0527. The number of esters is 1. The molecule has 4 nitrogen and oxygen atoms in total. The van der Waals surface area contributed by atoms with Crippen LogP contribution in [-0.2, 0) is 4.74 Å². The van der Waals surface area contributed by atoms with Crippen molar-refractivity contribution in [1.29, 1.82) is 0 Å². The maximum atomic E-state index is 11.8. The van der Waals surface area contributed by atoms with E-state index in [1.165, 1.54) is 18.6 Å². The third-order valence-electron chi connectivity index (χ3n) is 3.55. The molecule has 0 saturated carbocycles. The summed E-state index contributed by atoms with van der Waals surface area (Å²) in [6.45, 7) is 5.26. The monoisotopic (exact) mass is 294 g/mol. The summed E-state index contributed by atoms with van der Waals surface area (Å²) in [5.41, 5.74) is 7.78. The van der Waals surface area contributed by atoms with Crippen LogP contribution in [0.25, 0.3) is 0 Å². The Kier molecular flexibility index (Phi) is 4.81. The Balaban J connectivity index is 2.08. The van der Waals surface area contributed by atoms with Gasteiger partial charge < -0.3 is 15.8 Å². The lowest BCUT2D eigenvalue weighted by Gasteiger charge is -2.24. The van der Waals surface area contributed by atoms with Crippen LogP contribution in [0.1, 0.15) is 37.0 Å². The van der Waals surface area contributed by atoms with Gasteiger partial charge in [0, 0.05) is 11.3 Å². The first-order valence-electron chi connectivity index (χ1n) is 6.99. The molecule has 110 valence electrons. The normalized spacial score (nSPS) is 21.7. The van der Waals surface area contributed by atoms with Crippen molar-refractivity contribution < 1.29 is 9.53 Å². The van der Waals surface area contributed by atoms with E-state index in [1.54, 1.807) is 13.0 Å². The van der Waals surface area contributed by atoms with E-state index in [4.69, 9.17) is 10.5 Å². The summed E-state index contributed by atoms with van der Waals surface area (Å²) in [6, 6.07) is 5.43. The number of thioether (sulfide) groups is 1. The molecule has 0 aromatic heterocycles. The van der Waals surface area contributed by atoms with Crippen LogP contribution in [0.2, 0.25) is 0 Å². The lowest BCUT2D eigenvalue weighted by atomic mass is 10.1. The number of ether oxygens (including phenoxy) is 1. The molecule has 0 amide bonds. The molecule has 1 aliphatic heterocycles. The molecule has 1 aromatic carbocycles. The second-order valence-electron chi connectivity index (χ2n) is 5.24. The van der Waals surface area contributed by atoms with E-state index in [-0.39, 0.29) is 10.7 Å². The predicted octanol–water partition coefficient (Wildman–Crippen LogP) is 3.14. The van der Waals surface area contributed by atoms with E-state index in [1.807, 2.05) is 23.9 Å². The number of rotatable bonds is 5. The fourth-order valence-corrected chi connectivity index (χ4v) is 3.61. The highest BCUT2D eigenvalue weighted by atomic mass is 32.2. The Hall–Kier alpha value is -1.36. The molecule has 20 heavy (non-hydrogen) atoms. The summed E-state index contributed by atoms with van der Waals surface area (Å²) in [4.78, 5) is 11.8. The first-order chi connectivity index (χ1) is 9.56. The van der Waals surface area contributed by atoms with Crippen molar-refractivity contribution in [3.63, 3.8) is 0 Å². The van der Waals surface area contributed by atoms with E-state index < -0.39 is 0 Å². The number of hydrogen-bond acceptors (Lipinski definition) is 5. The highest BCUT2D eigenvalue weighted by Gasteiger charge is 2.29. The van der Waals surface area contributed by atoms with Gasteiger partial charge in [-0.15, -0.1) is 0 Å². The van der Waals surface area contributed by atoms with Crippen molar-refractivity contribution in [3.8, 4) is 0 Å². The zero-order valence-corrected chi connectivity index (χ0v) is 12.9. The average Bonchev–Trinajstić information content (AvgIpc) is 2.85.